The molecule has 8 aromatic rings. The van der Waals surface area contributed by atoms with Gasteiger partial charge in [0.05, 0.1) is 19.7 Å². The number of anilines is 4. The summed E-state index contributed by atoms with van der Waals surface area (Å²) in [7, 11) is 0. The second kappa shape index (κ2) is 37.7. The molecule has 4 aliphatic heterocycles. The number of hydrogen-bond acceptors (Lipinski definition) is 20. The van der Waals surface area contributed by atoms with E-state index in [4.69, 9.17) is 37.9 Å². The number of amides is 4. The largest absolute Gasteiger partial charge is 0.456 e. The minimum atomic E-state index is -0.869. The molecule has 0 fully saturated rings. The normalized spacial score (nSPS) is 15.7. The Hall–Kier alpha value is -12.4. The van der Waals surface area contributed by atoms with Gasteiger partial charge in [0.2, 0.25) is 27.2 Å². The average Bonchev–Trinajstić information content (AvgIpc) is 0.715. The van der Waals surface area contributed by atoms with Crippen LogP contribution >= 0.6 is 0 Å². The molecule has 0 unspecified atom stereocenters. The van der Waals surface area contributed by atoms with Crippen molar-refractivity contribution in [1.29, 1.82) is 0 Å². The van der Waals surface area contributed by atoms with E-state index in [1.165, 1.54) is 97.1 Å². The maximum Gasteiger partial charge on any atom is 0.269 e. The molecule has 28 nitrogen and oxygen atoms in total. The maximum atomic E-state index is 16.3. The molecule has 0 atom stereocenters. The van der Waals surface area contributed by atoms with E-state index >= 15 is 19.2 Å². The Labute approximate surface area is 671 Å². The first kappa shape index (κ1) is 81.6. The van der Waals surface area contributed by atoms with Crippen LogP contribution in [0.15, 0.2) is 121 Å². The summed E-state index contributed by atoms with van der Waals surface area (Å²) in [4.78, 5) is 112. The lowest BCUT2D eigenvalue weighted by Gasteiger charge is -2.37. The molecule has 28 heteroatoms. The molecule has 5 aliphatic rings. The van der Waals surface area contributed by atoms with Crippen molar-refractivity contribution in [2.24, 2.45) is 0 Å². The highest BCUT2D eigenvalue weighted by atomic mass is 16.7. The third-order valence-corrected chi connectivity index (χ3v) is 22.4. The predicted octanol–water partition coefficient (Wildman–Crippen LogP) is 21.5. The van der Waals surface area contributed by atoms with Crippen LogP contribution in [0.2, 0.25) is 0 Å². The van der Waals surface area contributed by atoms with Crippen LogP contribution in [0.5, 0.6) is 46.0 Å². The van der Waals surface area contributed by atoms with Gasteiger partial charge in [-0.15, -0.1) is 0 Å². The summed E-state index contributed by atoms with van der Waals surface area (Å²) in [5.41, 5.74) is 3.33. The molecular weight excluding hydrogens is 1490 g/mol. The zero-order chi connectivity index (χ0) is 81.5. The monoisotopic (exact) mass is 1580 g/mol. The van der Waals surface area contributed by atoms with E-state index < -0.39 is 94.2 Å². The summed E-state index contributed by atoms with van der Waals surface area (Å²) < 4.78 is 56.3. The first-order valence-corrected chi connectivity index (χ1v) is 40.5. The molecule has 0 saturated heterocycles. The van der Waals surface area contributed by atoms with Crippen LogP contribution in [0.25, 0.3) is 0 Å². The topological polar surface area (TPSA) is 363 Å². The molecule has 0 aromatic heterocycles. The van der Waals surface area contributed by atoms with Gasteiger partial charge in [0.15, 0.2) is 0 Å². The number of benzene rings is 8. The fourth-order valence-electron chi connectivity index (χ4n) is 16.7. The molecule has 116 heavy (non-hydrogen) atoms. The van der Waals surface area contributed by atoms with Gasteiger partial charge in [0.25, 0.3) is 46.4 Å². The maximum absolute atomic E-state index is 16.3. The smallest absolute Gasteiger partial charge is 0.269 e. The van der Waals surface area contributed by atoms with Crippen molar-refractivity contribution in [3.63, 3.8) is 0 Å². The molecule has 4 heterocycles. The van der Waals surface area contributed by atoms with Crippen molar-refractivity contribution in [2.75, 3.05) is 48.4 Å². The molecule has 0 spiro atoms. The summed E-state index contributed by atoms with van der Waals surface area (Å²) in [6.07, 6.45) is 17.4. The van der Waals surface area contributed by atoms with Gasteiger partial charge < -0.3 is 59.2 Å². The Morgan fingerprint density at radius 2 is 0.440 bits per heavy atom. The molecular formula is C88H96N8O20. The number of unbranched alkanes of at least 4 members (excludes halogenated alkanes) is 16. The van der Waals surface area contributed by atoms with Crippen molar-refractivity contribution in [2.45, 2.75) is 205 Å². The van der Waals surface area contributed by atoms with Crippen molar-refractivity contribution in [1.82, 2.24) is 0 Å². The third-order valence-electron chi connectivity index (χ3n) is 22.4. The fraction of sp³-hybridized carbons (Fsp3) is 0.409. The standard InChI is InChI=1S/C88H96N8O20/c1-5-9-13-17-21-25-61-65-45-67-62(26-22-18-14-10-6-2)69-47-71-64(28-24-20-16-12-8-4)72-48-70-63(27-23-19-15-11-7-3)68-46-66(61)78-74(86(98)90-54-31-39-58(40-32-54)94(103)104)80(68)112-51-114-82(70)76(88(100)92-56-35-43-60(44-36-56)96(107)108)84(72)116-52-115-83(71)75(87(99)91-55-33-41-59(42-34-55)95(105)106)81(69)113-50-111-79(67)73(77(65)109-49-110-78)85(97)89-53-29-37-57(38-30-53)93(101)102/h29-48,61-64H,5-28,49-52H2,1-4H3,(H,89,97)(H,90,98)(H,91,99)(H,92,100). The Balaban J connectivity index is 1.20. The number of hydrogen-bond donors (Lipinski definition) is 4. The van der Waals surface area contributed by atoms with Crippen LogP contribution < -0.4 is 59.2 Å². The molecule has 13 rings (SSSR count). The van der Waals surface area contributed by atoms with Crippen LogP contribution in [-0.2, 0) is 0 Å². The second-order valence-corrected chi connectivity index (χ2v) is 30.0. The SMILES string of the molecule is CCCCCCCC1c2cc3c4c(C(=O)Nc5ccc([N+](=O)[O-])cc5)c2OCOc2c1cc1c(c2C(=O)Nc2ccc([N+](=O)[O-])cc2)OCOc2c(cc5c(c2C(=O)Nc2ccc([N+](=O)[O-])cc2)OCOc2c(cc(c(c2C(=O)Nc2ccc([N+](=O)[O-])cc2)OCO4)C3CCCCCCC)C5CCCCCCC)C1CCCCCCC. The van der Waals surface area contributed by atoms with Crippen molar-refractivity contribution < 1.29 is 76.8 Å². The summed E-state index contributed by atoms with van der Waals surface area (Å²) in [6, 6.07) is 29.6. The quantitative estimate of drug-likeness (QED) is 0.0161. The first-order chi connectivity index (χ1) is 56.4. The van der Waals surface area contributed by atoms with Gasteiger partial charge in [0, 0.05) is 139 Å². The van der Waals surface area contributed by atoms with Crippen molar-refractivity contribution in [3.8, 4) is 46.0 Å². The lowest BCUT2D eigenvalue weighted by atomic mass is 9.74. The molecule has 1 aliphatic carbocycles. The van der Waals surface area contributed by atoms with Gasteiger partial charge in [-0.25, -0.2) is 0 Å². The Kier molecular flexibility index (Phi) is 26.6. The van der Waals surface area contributed by atoms with Crippen LogP contribution in [-0.4, -0.2) is 70.5 Å². The van der Waals surface area contributed by atoms with Gasteiger partial charge in [0.1, 0.15) is 68.2 Å². The number of carbonyl (C=O) groups excluding carboxylic acids is 4. The Morgan fingerprint density at radius 3 is 0.595 bits per heavy atom. The van der Waals surface area contributed by atoms with E-state index in [0.29, 0.717) is 95.9 Å². The molecule has 4 amide bonds. The van der Waals surface area contributed by atoms with Gasteiger partial charge in [-0.2, -0.15) is 0 Å². The van der Waals surface area contributed by atoms with Crippen molar-refractivity contribution >= 4 is 69.1 Å². The van der Waals surface area contributed by atoms with Gasteiger partial charge >= 0.3 is 0 Å². The zero-order valence-corrected chi connectivity index (χ0v) is 65.6. The van der Waals surface area contributed by atoms with Gasteiger partial charge in [-0.3, -0.25) is 59.6 Å². The number of nitro benzene ring substituents is 4. The fourth-order valence-corrected chi connectivity index (χ4v) is 16.7. The van der Waals surface area contributed by atoms with Gasteiger partial charge in [-0.05, 0) is 98.5 Å². The highest BCUT2D eigenvalue weighted by molar-refractivity contribution is 6.12. The predicted molar refractivity (Wildman–Crippen MR) is 435 cm³/mol. The summed E-state index contributed by atoms with van der Waals surface area (Å²) in [5.74, 6) is -6.10. The summed E-state index contributed by atoms with van der Waals surface area (Å²) >= 11 is 0. The number of nitro groups is 4. The highest BCUT2D eigenvalue weighted by Crippen LogP contribution is 2.59. The molecule has 4 N–H and O–H groups in total. The summed E-state index contributed by atoms with van der Waals surface area (Å²) in [6.45, 7) is 5.86. The lowest BCUT2D eigenvalue weighted by molar-refractivity contribution is -0.385. The number of nitrogens with zero attached hydrogens (tertiary/aromatic N) is 4. The lowest BCUT2D eigenvalue weighted by Crippen LogP contribution is -2.29. The average molecular weight is 1590 g/mol. The van der Waals surface area contributed by atoms with E-state index in [0.717, 1.165) is 103 Å². The van der Waals surface area contributed by atoms with E-state index in [1.807, 2.05) is 24.3 Å². The highest BCUT2D eigenvalue weighted by Gasteiger charge is 2.45. The number of ether oxygens (including phenoxy) is 8. The number of carbonyl (C=O) groups is 4. The number of rotatable bonds is 36. The van der Waals surface area contributed by atoms with Gasteiger partial charge in [-0.1, -0.05) is 156 Å². The minimum absolute atomic E-state index is 0.0424. The molecule has 8 aromatic carbocycles. The van der Waals surface area contributed by atoms with Crippen molar-refractivity contribution in [3.05, 3.63) is 229 Å². The molecule has 0 radical (unpaired) electrons. The Bertz CT molecular complexity index is 4260. The minimum Gasteiger partial charge on any atom is -0.456 e. The zero-order valence-electron chi connectivity index (χ0n) is 65.6. The first-order valence-electron chi connectivity index (χ1n) is 40.5. The van der Waals surface area contributed by atoms with Crippen LogP contribution in [0.4, 0.5) is 45.5 Å². The molecule has 8 bridgehead atoms. The summed E-state index contributed by atoms with van der Waals surface area (Å²) in [5, 5.41) is 60.6. The van der Waals surface area contributed by atoms with E-state index in [1.54, 1.807) is 0 Å². The van der Waals surface area contributed by atoms with E-state index in [9.17, 15) is 40.5 Å². The van der Waals surface area contributed by atoms with Crippen LogP contribution in [0.1, 0.15) is 291 Å². The third kappa shape index (κ3) is 17.9. The Morgan fingerprint density at radius 1 is 0.276 bits per heavy atom. The van der Waals surface area contributed by atoms with E-state index in [2.05, 4.69) is 49.0 Å². The molecule has 608 valence electrons. The number of non-ortho nitro benzene ring substituents is 4. The molecule has 0 saturated carbocycles. The number of nitrogens with one attached hydrogen (secondary N) is 4. The van der Waals surface area contributed by atoms with Crippen LogP contribution in [0.3, 0.4) is 0 Å². The van der Waals surface area contributed by atoms with E-state index in [-0.39, 0.29) is 114 Å². The second-order valence-electron chi connectivity index (χ2n) is 30.0. The van der Waals surface area contributed by atoms with Crippen LogP contribution in [0, 0.1) is 40.5 Å².